The Morgan fingerprint density at radius 2 is 1.90 bits per heavy atom. The highest BCUT2D eigenvalue weighted by atomic mass is 35.5. The Labute approximate surface area is 247 Å². The van der Waals surface area contributed by atoms with Crippen molar-refractivity contribution in [3.63, 3.8) is 0 Å². The minimum absolute atomic E-state index is 0.0343. The monoisotopic (exact) mass is 602 g/mol. The lowest BCUT2D eigenvalue weighted by atomic mass is 9.68. The van der Waals surface area contributed by atoms with Crippen LogP contribution in [0.3, 0.4) is 0 Å². The Morgan fingerprint density at radius 3 is 2.73 bits per heavy atom. The summed E-state index contributed by atoms with van der Waals surface area (Å²) in [6.07, 6.45) is 6.69. The van der Waals surface area contributed by atoms with E-state index in [-0.39, 0.29) is 24.4 Å². The second-order valence-electron chi connectivity index (χ2n) is 12.0. The van der Waals surface area contributed by atoms with Gasteiger partial charge >= 0.3 is 0 Å². The van der Waals surface area contributed by atoms with Crippen molar-refractivity contribution in [2.24, 2.45) is 11.8 Å². The van der Waals surface area contributed by atoms with Gasteiger partial charge in [0.05, 0.1) is 24.5 Å². The number of fused-ring (bicyclic) bond motifs is 6. The smallest absolute Gasteiger partial charge is 0.264 e. The number of hydrogen-bond donors (Lipinski definition) is 1. The zero-order valence-corrected chi connectivity index (χ0v) is 25.1. The molecule has 1 saturated carbocycles. The Hall–Kier alpha value is -2.33. The van der Waals surface area contributed by atoms with Crippen LogP contribution in [0.1, 0.15) is 66.9 Å². The summed E-state index contributed by atoms with van der Waals surface area (Å²) in [5.74, 6) is 0.918. The Kier molecular flexibility index (Phi) is 8.50. The minimum Gasteiger partial charge on any atom is -0.487 e. The Morgan fingerprint density at radius 1 is 1.02 bits per heavy atom. The van der Waals surface area contributed by atoms with Crippen LogP contribution in [0.5, 0.6) is 5.75 Å². The molecule has 6 rings (SSSR count). The molecule has 2 aromatic rings. The molecule has 8 nitrogen and oxygen atoms in total. The topological polar surface area (TPSA) is 94.2 Å². The zero-order valence-electron chi connectivity index (χ0n) is 23.5. The fourth-order valence-electron chi connectivity index (χ4n) is 6.57. The van der Waals surface area contributed by atoms with E-state index in [0.717, 1.165) is 74.3 Å². The van der Waals surface area contributed by atoms with Gasteiger partial charge in [-0.25, -0.2) is 13.1 Å². The first kappa shape index (κ1) is 28.8. The molecule has 1 saturated heterocycles. The lowest BCUT2D eigenvalue weighted by Crippen LogP contribution is -2.48. The van der Waals surface area contributed by atoms with Crippen LogP contribution >= 0.6 is 11.6 Å². The highest BCUT2D eigenvalue weighted by Crippen LogP contribution is 2.43. The van der Waals surface area contributed by atoms with Gasteiger partial charge in [-0.1, -0.05) is 17.7 Å². The van der Waals surface area contributed by atoms with Crippen LogP contribution in [0.4, 0.5) is 5.69 Å². The van der Waals surface area contributed by atoms with Crippen molar-refractivity contribution in [3.8, 4) is 5.75 Å². The highest BCUT2D eigenvalue weighted by molar-refractivity contribution is 7.90. The molecule has 1 aliphatic carbocycles. The molecule has 0 aromatic heterocycles. The maximum Gasteiger partial charge on any atom is 0.264 e. The molecule has 41 heavy (non-hydrogen) atoms. The molecule has 5 atom stereocenters. The number of hydrogen-bond acceptors (Lipinski definition) is 7. The van der Waals surface area contributed by atoms with Crippen molar-refractivity contribution in [3.05, 3.63) is 58.1 Å². The number of rotatable bonds is 0. The van der Waals surface area contributed by atoms with E-state index in [2.05, 4.69) is 9.62 Å². The number of ether oxygens (including phenoxy) is 3. The molecule has 222 valence electrons. The van der Waals surface area contributed by atoms with Crippen LogP contribution in [-0.4, -0.2) is 58.1 Å². The van der Waals surface area contributed by atoms with Gasteiger partial charge in [-0.15, -0.1) is 0 Å². The summed E-state index contributed by atoms with van der Waals surface area (Å²) in [7, 11) is -3.93. The summed E-state index contributed by atoms with van der Waals surface area (Å²) in [5, 5.41) is -0.149. The molecule has 0 unspecified atom stereocenters. The number of halogens is 1. The van der Waals surface area contributed by atoms with E-state index in [1.165, 1.54) is 5.56 Å². The van der Waals surface area contributed by atoms with E-state index in [1.807, 2.05) is 18.2 Å². The van der Waals surface area contributed by atoms with E-state index in [1.54, 1.807) is 25.1 Å². The molecule has 10 heteroatoms. The van der Waals surface area contributed by atoms with E-state index in [4.69, 9.17) is 25.8 Å². The normalized spacial score (nSPS) is 30.3. The fraction of sp³-hybridized carbons (Fsp3) is 0.581. The lowest BCUT2D eigenvalue weighted by Gasteiger charge is -2.46. The van der Waals surface area contributed by atoms with Crippen molar-refractivity contribution >= 4 is 33.2 Å². The number of carbonyl (C=O) groups excluding carboxylic acids is 1. The number of carbonyl (C=O) groups is 1. The van der Waals surface area contributed by atoms with E-state index in [0.29, 0.717) is 30.8 Å². The molecule has 2 fully saturated rings. The van der Waals surface area contributed by atoms with Crippen LogP contribution < -0.4 is 14.4 Å². The first-order valence-corrected chi connectivity index (χ1v) is 16.8. The fourth-order valence-corrected chi connectivity index (χ4v) is 7.60. The van der Waals surface area contributed by atoms with E-state index < -0.39 is 21.2 Å². The molecular formula is C31H39ClN2O6S. The summed E-state index contributed by atoms with van der Waals surface area (Å²) in [5.41, 5.74) is 3.40. The molecule has 3 aliphatic heterocycles. The maximum atomic E-state index is 13.3. The summed E-state index contributed by atoms with van der Waals surface area (Å²) in [4.78, 5) is 15.6. The van der Waals surface area contributed by atoms with Gasteiger partial charge in [-0.3, -0.25) is 4.79 Å². The average molecular weight is 603 g/mol. The molecule has 0 radical (unpaired) electrons. The van der Waals surface area contributed by atoms with Gasteiger partial charge in [0.2, 0.25) is 10.0 Å². The van der Waals surface area contributed by atoms with Crippen molar-refractivity contribution < 1.29 is 27.4 Å². The van der Waals surface area contributed by atoms with Gasteiger partial charge in [0, 0.05) is 36.7 Å². The van der Waals surface area contributed by atoms with Crippen molar-refractivity contribution in [2.75, 3.05) is 31.2 Å². The number of sulfonamides is 1. The Balaban J connectivity index is 1.37. The summed E-state index contributed by atoms with van der Waals surface area (Å²) >= 11 is 6.32. The van der Waals surface area contributed by atoms with Gasteiger partial charge in [0.25, 0.3) is 5.91 Å². The van der Waals surface area contributed by atoms with E-state index >= 15 is 0 Å². The number of benzene rings is 2. The van der Waals surface area contributed by atoms with Crippen molar-refractivity contribution in [2.45, 2.75) is 75.9 Å². The molecule has 1 amide bonds. The second kappa shape index (κ2) is 12.1. The second-order valence-corrected chi connectivity index (χ2v) is 14.5. The number of amides is 1. The van der Waals surface area contributed by atoms with Crippen LogP contribution in [0.15, 0.2) is 36.4 Å². The third-order valence-corrected chi connectivity index (χ3v) is 11.1. The van der Waals surface area contributed by atoms with Crippen LogP contribution in [0.2, 0.25) is 5.02 Å². The number of nitrogens with zero attached hydrogens (tertiary/aromatic N) is 1. The summed E-state index contributed by atoms with van der Waals surface area (Å²) in [6.45, 7) is 4.23. The molecule has 4 aliphatic rings. The van der Waals surface area contributed by atoms with Gasteiger partial charge < -0.3 is 19.1 Å². The van der Waals surface area contributed by atoms with Gasteiger partial charge in [0.15, 0.2) is 0 Å². The first-order chi connectivity index (χ1) is 19.8. The largest absolute Gasteiger partial charge is 0.487 e. The van der Waals surface area contributed by atoms with E-state index in [9.17, 15) is 13.2 Å². The molecular weight excluding hydrogens is 564 g/mol. The predicted octanol–water partition coefficient (Wildman–Crippen LogP) is 5.11. The van der Waals surface area contributed by atoms with Crippen LogP contribution in [0.25, 0.3) is 0 Å². The zero-order chi connectivity index (χ0) is 28.6. The third kappa shape index (κ3) is 6.38. The van der Waals surface area contributed by atoms with Crippen molar-refractivity contribution in [1.29, 1.82) is 0 Å². The number of aryl methyl sites for hydroxylation is 1. The van der Waals surface area contributed by atoms with Gasteiger partial charge in [-0.05, 0) is 98.7 Å². The summed E-state index contributed by atoms with van der Waals surface area (Å²) < 4.78 is 47.1. The van der Waals surface area contributed by atoms with Gasteiger partial charge in [0.1, 0.15) is 17.6 Å². The Bertz CT molecular complexity index is 1380. The minimum atomic E-state index is -3.93. The summed E-state index contributed by atoms with van der Waals surface area (Å²) in [6, 6.07) is 11.1. The number of anilines is 1. The molecule has 2 aromatic carbocycles. The van der Waals surface area contributed by atoms with Crippen molar-refractivity contribution in [1.82, 2.24) is 4.72 Å². The highest BCUT2D eigenvalue weighted by Gasteiger charge is 2.41. The SMILES string of the molecule is C[C@H]1CO[C@@H]2CCO[C@H](C2)[C@@H]2CC[C@H]2CN2CCCCc3cc(Cl)ccc3COc3ccc(cc32)C(=O)NS1(=O)=O. The molecule has 1 N–H and O–H groups in total. The van der Waals surface area contributed by atoms with Crippen LogP contribution in [0, 0.1) is 11.8 Å². The quantitative estimate of drug-likeness (QED) is 0.448. The molecule has 4 bridgehead atoms. The standard InChI is InChI=1S/C31H39ClN2O6S/c1-20-18-39-26-11-13-38-30(16-26)27-9-6-23(27)17-34-12-3-2-4-21-14-25(32)8-5-24(21)19-40-29-10-7-22(15-28(29)34)31(35)33-41(20,36)37/h5,7-8,10,14-15,20,23,26-27,30H,2-4,6,9,11-13,16-19H2,1H3,(H,33,35)/t20-,23-,26+,27+,30+/m0/s1. The van der Waals surface area contributed by atoms with Gasteiger partial charge in [-0.2, -0.15) is 0 Å². The molecule has 0 spiro atoms. The maximum absolute atomic E-state index is 13.3. The molecule has 3 heterocycles. The number of nitrogens with one attached hydrogen (secondary N) is 1. The predicted molar refractivity (Wildman–Crippen MR) is 158 cm³/mol. The van der Waals surface area contributed by atoms with Crippen LogP contribution in [-0.2, 0) is 32.5 Å². The lowest BCUT2D eigenvalue weighted by molar-refractivity contribution is -0.116. The average Bonchev–Trinajstić information content (AvgIpc) is 2.96. The third-order valence-electron chi connectivity index (χ3n) is 9.24. The first-order valence-electron chi connectivity index (χ1n) is 14.8.